The summed E-state index contributed by atoms with van der Waals surface area (Å²) in [6, 6.07) is 16.5. The maximum atomic E-state index is 12.8. The van der Waals surface area contributed by atoms with Gasteiger partial charge in [-0.2, -0.15) is 8.78 Å². The molecule has 1 heterocycles. The Hall–Kier alpha value is -2.70. The monoisotopic (exact) mass is 450 g/mol. The lowest BCUT2D eigenvalue weighted by Gasteiger charge is -2.21. The summed E-state index contributed by atoms with van der Waals surface area (Å²) < 4.78 is 29.2. The smallest absolute Gasteiger partial charge is 0.387 e. The minimum Gasteiger partial charge on any atom is -0.435 e. The molecule has 3 aromatic rings. The fraction of sp³-hybridized carbons (Fsp3) is 0.182. The number of nitrogens with one attached hydrogen (secondary N) is 1. The zero-order valence-electron chi connectivity index (χ0n) is 15.9. The minimum absolute atomic E-state index is 0.0381. The normalized spacial score (nSPS) is 11.9. The first kappa shape index (κ1) is 22.0. The van der Waals surface area contributed by atoms with Gasteiger partial charge in [0.2, 0.25) is 5.91 Å². The molecule has 0 aliphatic rings. The number of hydrogen-bond acceptors (Lipinski definition) is 3. The number of aryl methyl sites for hydroxylation is 1. The van der Waals surface area contributed by atoms with E-state index in [0.717, 1.165) is 5.56 Å². The number of hydrogen-bond donors (Lipinski definition) is 1. The number of ether oxygens (including phenoxy) is 1. The van der Waals surface area contributed by atoms with Crippen LogP contribution in [0.5, 0.6) is 5.75 Å². The molecule has 3 rings (SSSR count). The van der Waals surface area contributed by atoms with Crippen LogP contribution in [0.3, 0.4) is 0 Å². The van der Waals surface area contributed by atoms with Gasteiger partial charge in [-0.1, -0.05) is 65.7 Å². The summed E-state index contributed by atoms with van der Waals surface area (Å²) in [6.07, 6.45) is -0.0547. The van der Waals surface area contributed by atoms with Crippen LogP contribution >= 0.6 is 23.2 Å². The largest absolute Gasteiger partial charge is 0.435 e. The lowest BCUT2D eigenvalue weighted by Crippen LogP contribution is -2.30. The van der Waals surface area contributed by atoms with Crippen molar-refractivity contribution < 1.29 is 18.3 Å². The maximum absolute atomic E-state index is 12.8. The number of pyridine rings is 1. The molecule has 1 unspecified atom stereocenters. The molecule has 1 aromatic heterocycles. The molecule has 0 saturated carbocycles. The van der Waals surface area contributed by atoms with E-state index < -0.39 is 12.7 Å². The molecule has 4 nitrogen and oxygen atoms in total. The van der Waals surface area contributed by atoms with Crippen molar-refractivity contribution in [3.05, 3.63) is 93.2 Å². The van der Waals surface area contributed by atoms with Gasteiger partial charge in [0.15, 0.2) is 0 Å². The Bertz CT molecular complexity index is 992. The number of nitrogens with zero attached hydrogens (tertiary/aromatic N) is 1. The van der Waals surface area contributed by atoms with Crippen molar-refractivity contribution in [2.45, 2.75) is 26.0 Å². The zero-order chi connectivity index (χ0) is 21.7. The van der Waals surface area contributed by atoms with E-state index in [-0.39, 0.29) is 23.2 Å². The summed E-state index contributed by atoms with van der Waals surface area (Å²) in [5.41, 5.74) is 2.62. The molecule has 0 saturated heterocycles. The first-order chi connectivity index (χ1) is 14.3. The molecule has 2 aromatic carbocycles. The average Bonchev–Trinajstić information content (AvgIpc) is 2.70. The van der Waals surface area contributed by atoms with Gasteiger partial charge in [0.05, 0.1) is 12.5 Å². The van der Waals surface area contributed by atoms with Crippen LogP contribution in [0.4, 0.5) is 8.78 Å². The van der Waals surface area contributed by atoms with Crippen LogP contribution in [0, 0.1) is 6.92 Å². The Kier molecular flexibility index (Phi) is 7.24. The van der Waals surface area contributed by atoms with Crippen LogP contribution in [0.2, 0.25) is 10.2 Å². The predicted octanol–water partition coefficient (Wildman–Crippen LogP) is 5.75. The summed E-state index contributed by atoms with van der Waals surface area (Å²) in [7, 11) is 0. The molecular formula is C22H18Cl2F2N2O2. The lowest BCUT2D eigenvalue weighted by atomic mass is 9.98. The van der Waals surface area contributed by atoms with Gasteiger partial charge in [0.1, 0.15) is 10.9 Å². The highest BCUT2D eigenvalue weighted by atomic mass is 35.5. The van der Waals surface area contributed by atoms with E-state index in [4.69, 9.17) is 23.2 Å². The van der Waals surface area contributed by atoms with E-state index in [9.17, 15) is 13.6 Å². The number of carbonyl (C=O) groups is 1. The Labute approximate surface area is 182 Å². The second-order valence-corrected chi connectivity index (χ2v) is 7.32. The predicted molar refractivity (Wildman–Crippen MR) is 112 cm³/mol. The van der Waals surface area contributed by atoms with Crippen molar-refractivity contribution in [2.75, 3.05) is 0 Å². The van der Waals surface area contributed by atoms with Crippen molar-refractivity contribution in [3.8, 4) is 5.75 Å². The third-order valence-electron chi connectivity index (χ3n) is 4.36. The van der Waals surface area contributed by atoms with Crippen molar-refractivity contribution in [1.29, 1.82) is 0 Å². The molecule has 0 aliphatic carbocycles. The molecule has 156 valence electrons. The van der Waals surface area contributed by atoms with Crippen LogP contribution in [0.1, 0.15) is 28.4 Å². The summed E-state index contributed by atoms with van der Waals surface area (Å²) in [5, 5.41) is 3.50. The SMILES string of the molecule is Cc1cc(Cl)c(CC(=O)NC(c2ccccc2)c2ccc(OC(F)F)cc2)c(Cl)n1. The second-order valence-electron chi connectivity index (χ2n) is 6.55. The van der Waals surface area contributed by atoms with Crippen molar-refractivity contribution in [1.82, 2.24) is 10.3 Å². The van der Waals surface area contributed by atoms with Crippen LogP contribution in [-0.4, -0.2) is 17.5 Å². The molecular weight excluding hydrogens is 433 g/mol. The molecule has 0 bridgehead atoms. The average molecular weight is 451 g/mol. The number of aromatic nitrogens is 1. The number of halogens is 4. The molecule has 1 amide bonds. The van der Waals surface area contributed by atoms with E-state index in [1.54, 1.807) is 25.1 Å². The second kappa shape index (κ2) is 9.87. The fourth-order valence-corrected chi connectivity index (χ4v) is 3.66. The van der Waals surface area contributed by atoms with Gasteiger partial charge in [-0.3, -0.25) is 4.79 Å². The van der Waals surface area contributed by atoms with Gasteiger partial charge < -0.3 is 10.1 Å². The first-order valence-electron chi connectivity index (χ1n) is 9.04. The molecule has 0 fully saturated rings. The molecule has 1 atom stereocenters. The van der Waals surface area contributed by atoms with Crippen molar-refractivity contribution >= 4 is 29.1 Å². The number of rotatable bonds is 7. The van der Waals surface area contributed by atoms with Crippen LogP contribution < -0.4 is 10.1 Å². The van der Waals surface area contributed by atoms with E-state index in [1.165, 1.54) is 12.1 Å². The third kappa shape index (κ3) is 5.68. The summed E-state index contributed by atoms with van der Waals surface area (Å²) >= 11 is 12.4. The van der Waals surface area contributed by atoms with E-state index in [1.807, 2.05) is 30.3 Å². The number of alkyl halides is 2. The standard InChI is InChI=1S/C22H18Cl2F2N2O2/c1-13-11-18(23)17(21(24)27-13)12-19(29)28-20(14-5-3-2-4-6-14)15-7-9-16(10-8-15)30-22(25)26/h2-11,20,22H,12H2,1H3,(H,28,29). The lowest BCUT2D eigenvalue weighted by molar-refractivity contribution is -0.120. The topological polar surface area (TPSA) is 51.2 Å². The molecule has 30 heavy (non-hydrogen) atoms. The summed E-state index contributed by atoms with van der Waals surface area (Å²) in [5.74, 6) is -0.276. The van der Waals surface area contributed by atoms with E-state index >= 15 is 0 Å². The Morgan fingerprint density at radius 1 is 1.07 bits per heavy atom. The number of benzene rings is 2. The molecule has 0 radical (unpaired) electrons. The number of amides is 1. The van der Waals surface area contributed by atoms with Crippen LogP contribution in [0.15, 0.2) is 60.7 Å². The highest BCUT2D eigenvalue weighted by Crippen LogP contribution is 2.27. The Morgan fingerprint density at radius 3 is 2.30 bits per heavy atom. The first-order valence-corrected chi connectivity index (χ1v) is 9.79. The van der Waals surface area contributed by atoms with E-state index in [2.05, 4.69) is 15.0 Å². The Balaban J connectivity index is 1.84. The zero-order valence-corrected chi connectivity index (χ0v) is 17.4. The van der Waals surface area contributed by atoms with Gasteiger partial charge in [-0.05, 0) is 36.2 Å². The molecule has 1 N–H and O–H groups in total. The number of carbonyl (C=O) groups excluding carboxylic acids is 1. The van der Waals surface area contributed by atoms with Crippen LogP contribution in [-0.2, 0) is 11.2 Å². The van der Waals surface area contributed by atoms with Crippen molar-refractivity contribution in [2.24, 2.45) is 0 Å². The molecule has 8 heteroatoms. The summed E-state index contributed by atoms with van der Waals surface area (Å²) in [4.78, 5) is 16.9. The molecule has 0 spiro atoms. The maximum Gasteiger partial charge on any atom is 0.387 e. The van der Waals surface area contributed by atoms with Gasteiger partial charge >= 0.3 is 6.61 Å². The van der Waals surface area contributed by atoms with E-state index in [0.29, 0.717) is 21.8 Å². The van der Waals surface area contributed by atoms with Gasteiger partial charge in [-0.15, -0.1) is 0 Å². The van der Waals surface area contributed by atoms with Crippen molar-refractivity contribution in [3.63, 3.8) is 0 Å². The van der Waals surface area contributed by atoms with Gasteiger partial charge in [-0.25, -0.2) is 4.98 Å². The third-order valence-corrected chi connectivity index (χ3v) is 5.01. The van der Waals surface area contributed by atoms with Gasteiger partial charge in [0, 0.05) is 16.3 Å². The minimum atomic E-state index is -2.90. The molecule has 0 aliphatic heterocycles. The highest BCUT2D eigenvalue weighted by molar-refractivity contribution is 6.35. The fourth-order valence-electron chi connectivity index (χ4n) is 3.00. The van der Waals surface area contributed by atoms with Gasteiger partial charge in [0.25, 0.3) is 0 Å². The summed E-state index contributed by atoms with van der Waals surface area (Å²) in [6.45, 7) is -1.15. The quantitative estimate of drug-likeness (QED) is 0.466. The Morgan fingerprint density at radius 2 is 1.70 bits per heavy atom. The highest BCUT2D eigenvalue weighted by Gasteiger charge is 2.20. The van der Waals surface area contributed by atoms with Crippen LogP contribution in [0.25, 0.3) is 0 Å².